The second kappa shape index (κ2) is 9.85. The molecule has 2 N–H and O–H groups in total. The number of hydrogen-bond donors (Lipinski definition) is 2. The molecule has 2 aliphatic rings. The molecular weight excluding hydrogens is 528 g/mol. The standard InChI is InChI=1S/C23H28FN3O2S.HI/c1-3-25-23(26-12-17-10-18(24)9-8-16(17)14-30(2,28)29)27-13-21-20-11-15-6-4-5-7-19(15)22(20)21;/h4-10,20-22H,3,11-14H2,1-2H3,(H2,25,26,27);1H. The molecule has 2 aromatic carbocycles. The van der Waals surface area contributed by atoms with Crippen LogP contribution in [0.3, 0.4) is 0 Å². The molecule has 31 heavy (non-hydrogen) atoms. The molecule has 2 aliphatic carbocycles. The van der Waals surface area contributed by atoms with Crippen LogP contribution < -0.4 is 10.6 Å². The van der Waals surface area contributed by atoms with Crippen molar-refractivity contribution in [2.45, 2.75) is 31.6 Å². The zero-order chi connectivity index (χ0) is 21.3. The van der Waals surface area contributed by atoms with E-state index < -0.39 is 9.84 Å². The molecule has 0 bridgehead atoms. The number of nitrogens with one attached hydrogen (secondary N) is 2. The molecule has 0 aromatic heterocycles. The molecule has 1 fully saturated rings. The average Bonchev–Trinajstić information content (AvgIpc) is 3.22. The Kier molecular flexibility index (Phi) is 7.62. The molecule has 0 heterocycles. The molecule has 4 rings (SSSR count). The van der Waals surface area contributed by atoms with Crippen LogP contribution >= 0.6 is 24.0 Å². The topological polar surface area (TPSA) is 70.6 Å². The number of fused-ring (bicyclic) bond motifs is 3. The van der Waals surface area contributed by atoms with Crippen LogP contribution in [0.2, 0.25) is 0 Å². The fourth-order valence-electron chi connectivity index (χ4n) is 4.65. The molecule has 5 nitrogen and oxygen atoms in total. The van der Waals surface area contributed by atoms with Gasteiger partial charge in [-0.25, -0.2) is 17.8 Å². The lowest BCUT2D eigenvalue weighted by atomic mass is 10.0. The van der Waals surface area contributed by atoms with Gasteiger partial charge in [0, 0.05) is 19.3 Å². The number of halogens is 2. The number of guanidine groups is 1. The van der Waals surface area contributed by atoms with E-state index >= 15 is 0 Å². The molecule has 2 aromatic rings. The van der Waals surface area contributed by atoms with Crippen LogP contribution in [-0.4, -0.2) is 33.7 Å². The number of aliphatic imine (C=N–C) groups is 1. The summed E-state index contributed by atoms with van der Waals surface area (Å²) in [6, 6.07) is 12.9. The van der Waals surface area contributed by atoms with Crippen molar-refractivity contribution >= 4 is 39.8 Å². The fourth-order valence-corrected chi connectivity index (χ4v) is 5.49. The first-order valence-electron chi connectivity index (χ1n) is 10.4. The molecule has 0 saturated heterocycles. The van der Waals surface area contributed by atoms with E-state index in [4.69, 9.17) is 0 Å². The third-order valence-electron chi connectivity index (χ3n) is 6.04. The van der Waals surface area contributed by atoms with Gasteiger partial charge in [-0.05, 0) is 65.5 Å². The van der Waals surface area contributed by atoms with Crippen LogP contribution in [0.5, 0.6) is 0 Å². The molecule has 0 amide bonds. The highest BCUT2D eigenvalue weighted by atomic mass is 127. The third kappa shape index (κ3) is 5.77. The summed E-state index contributed by atoms with van der Waals surface area (Å²) in [7, 11) is -3.21. The Bertz CT molecular complexity index is 1070. The summed E-state index contributed by atoms with van der Waals surface area (Å²) in [4.78, 5) is 4.59. The molecule has 3 atom stereocenters. The first-order valence-corrected chi connectivity index (χ1v) is 12.5. The molecular formula is C23H29FIN3O2S. The minimum absolute atomic E-state index is 0. The second-order valence-electron chi connectivity index (χ2n) is 8.32. The summed E-state index contributed by atoms with van der Waals surface area (Å²) in [6.45, 7) is 3.77. The van der Waals surface area contributed by atoms with Crippen molar-refractivity contribution in [3.8, 4) is 0 Å². The number of nitrogens with zero attached hydrogens (tertiary/aromatic N) is 1. The van der Waals surface area contributed by atoms with Crippen molar-refractivity contribution in [1.29, 1.82) is 0 Å². The SMILES string of the molecule is CCNC(=NCc1cc(F)ccc1CS(C)(=O)=O)NCC1C2Cc3ccccc3C12.I. The maximum Gasteiger partial charge on any atom is 0.191 e. The Hall–Kier alpha value is -1.68. The van der Waals surface area contributed by atoms with Crippen LogP contribution in [0.15, 0.2) is 47.5 Å². The van der Waals surface area contributed by atoms with Crippen molar-refractivity contribution < 1.29 is 12.8 Å². The van der Waals surface area contributed by atoms with Crippen LogP contribution in [0.25, 0.3) is 0 Å². The molecule has 0 spiro atoms. The van der Waals surface area contributed by atoms with Crippen molar-refractivity contribution in [2.75, 3.05) is 19.3 Å². The lowest BCUT2D eigenvalue weighted by Gasteiger charge is -2.14. The molecule has 168 valence electrons. The predicted molar refractivity (Wildman–Crippen MR) is 133 cm³/mol. The smallest absolute Gasteiger partial charge is 0.191 e. The molecule has 0 aliphatic heterocycles. The highest BCUT2D eigenvalue weighted by Crippen LogP contribution is 2.60. The number of benzene rings is 2. The van der Waals surface area contributed by atoms with Gasteiger partial charge in [0.15, 0.2) is 15.8 Å². The van der Waals surface area contributed by atoms with Crippen LogP contribution in [0.1, 0.15) is 35.1 Å². The Morgan fingerprint density at radius 3 is 2.68 bits per heavy atom. The van der Waals surface area contributed by atoms with E-state index in [0.29, 0.717) is 41.4 Å². The first kappa shape index (κ1) is 24.0. The average molecular weight is 557 g/mol. The van der Waals surface area contributed by atoms with Gasteiger partial charge in [0.1, 0.15) is 5.82 Å². The van der Waals surface area contributed by atoms with E-state index in [9.17, 15) is 12.8 Å². The molecule has 3 unspecified atom stereocenters. The molecule has 8 heteroatoms. The lowest BCUT2D eigenvalue weighted by molar-refractivity contribution is 0.600. The summed E-state index contributed by atoms with van der Waals surface area (Å²) in [5.74, 6) is 2.12. The fraction of sp³-hybridized carbons (Fsp3) is 0.435. The Labute approximate surface area is 200 Å². The molecule has 0 radical (unpaired) electrons. The van der Waals surface area contributed by atoms with Gasteiger partial charge in [0.25, 0.3) is 0 Å². The van der Waals surface area contributed by atoms with Gasteiger partial charge in [-0.15, -0.1) is 24.0 Å². The zero-order valence-electron chi connectivity index (χ0n) is 17.8. The summed E-state index contributed by atoms with van der Waals surface area (Å²) in [6.07, 6.45) is 2.33. The molecule has 1 saturated carbocycles. The second-order valence-corrected chi connectivity index (χ2v) is 10.5. The Morgan fingerprint density at radius 1 is 1.16 bits per heavy atom. The summed E-state index contributed by atoms with van der Waals surface area (Å²) in [5, 5.41) is 6.65. The number of sulfone groups is 1. The van der Waals surface area contributed by atoms with Crippen LogP contribution in [-0.2, 0) is 28.6 Å². The van der Waals surface area contributed by atoms with E-state index in [0.717, 1.165) is 13.0 Å². The first-order chi connectivity index (χ1) is 14.4. The lowest BCUT2D eigenvalue weighted by Crippen LogP contribution is -2.38. The minimum Gasteiger partial charge on any atom is -0.357 e. The number of rotatable bonds is 7. The van der Waals surface area contributed by atoms with Gasteiger partial charge < -0.3 is 10.6 Å². The third-order valence-corrected chi connectivity index (χ3v) is 6.88. The van der Waals surface area contributed by atoms with Crippen molar-refractivity contribution in [1.82, 2.24) is 10.6 Å². The quantitative estimate of drug-likeness (QED) is 0.310. The van der Waals surface area contributed by atoms with E-state index in [2.05, 4.69) is 39.9 Å². The number of hydrogen-bond acceptors (Lipinski definition) is 3. The van der Waals surface area contributed by atoms with E-state index in [1.54, 1.807) is 0 Å². The van der Waals surface area contributed by atoms with Gasteiger partial charge in [-0.1, -0.05) is 30.3 Å². The predicted octanol–water partition coefficient (Wildman–Crippen LogP) is 3.63. The minimum atomic E-state index is -3.21. The van der Waals surface area contributed by atoms with Crippen LogP contribution in [0.4, 0.5) is 4.39 Å². The monoisotopic (exact) mass is 557 g/mol. The van der Waals surface area contributed by atoms with Gasteiger partial charge >= 0.3 is 0 Å². The Morgan fingerprint density at radius 2 is 1.94 bits per heavy atom. The summed E-state index contributed by atoms with van der Waals surface area (Å²) >= 11 is 0. The van der Waals surface area contributed by atoms with Gasteiger partial charge in [-0.2, -0.15) is 0 Å². The van der Waals surface area contributed by atoms with Crippen molar-refractivity contribution in [2.24, 2.45) is 16.8 Å². The van der Waals surface area contributed by atoms with E-state index in [1.165, 1.54) is 35.6 Å². The summed E-state index contributed by atoms with van der Waals surface area (Å²) < 4.78 is 37.1. The maximum absolute atomic E-state index is 13.7. The summed E-state index contributed by atoms with van der Waals surface area (Å²) in [5.41, 5.74) is 4.15. The van der Waals surface area contributed by atoms with Crippen molar-refractivity contribution in [3.63, 3.8) is 0 Å². The van der Waals surface area contributed by atoms with Crippen LogP contribution in [0, 0.1) is 17.7 Å². The highest BCUT2D eigenvalue weighted by molar-refractivity contribution is 14.0. The highest BCUT2D eigenvalue weighted by Gasteiger charge is 2.54. The normalized spacial score (nSPS) is 21.6. The largest absolute Gasteiger partial charge is 0.357 e. The Balaban J connectivity index is 0.00000272. The maximum atomic E-state index is 13.7. The van der Waals surface area contributed by atoms with E-state index in [1.807, 2.05) is 6.92 Å². The zero-order valence-corrected chi connectivity index (χ0v) is 20.9. The van der Waals surface area contributed by atoms with Gasteiger partial charge in [0.2, 0.25) is 0 Å². The van der Waals surface area contributed by atoms with Gasteiger partial charge in [-0.3, -0.25) is 0 Å². The van der Waals surface area contributed by atoms with Gasteiger partial charge in [0.05, 0.1) is 12.3 Å². The van der Waals surface area contributed by atoms with E-state index in [-0.39, 0.29) is 42.1 Å². The van der Waals surface area contributed by atoms with Crippen molar-refractivity contribution in [3.05, 3.63) is 70.5 Å².